The van der Waals surface area contributed by atoms with E-state index in [0.717, 1.165) is 6.54 Å². The predicted octanol–water partition coefficient (Wildman–Crippen LogP) is -0.0339. The number of likely N-dealkylation sites (N-methyl/N-ethyl adjacent to an activating group) is 1. The molecule has 0 aliphatic carbocycles. The van der Waals surface area contributed by atoms with E-state index in [2.05, 4.69) is 5.32 Å². The summed E-state index contributed by atoms with van der Waals surface area (Å²) in [6.07, 6.45) is 0.539. The number of carbonyl (C=O) groups is 1. The lowest BCUT2D eigenvalue weighted by atomic mass is 10.00. The Balaban J connectivity index is 2.43. The maximum absolute atomic E-state index is 11.2. The molecule has 0 aromatic heterocycles. The second-order valence-electron chi connectivity index (χ2n) is 4.72. The highest BCUT2D eigenvalue weighted by molar-refractivity contribution is 5.78. The minimum atomic E-state index is -0.746. The number of hydrogen-bond donors (Lipinski definition) is 2. The van der Waals surface area contributed by atoms with E-state index in [1.54, 1.807) is 25.8 Å². The Hall–Kier alpha value is -0.610. The van der Waals surface area contributed by atoms with Gasteiger partial charge in [0.25, 0.3) is 0 Å². The quantitative estimate of drug-likeness (QED) is 0.672. The van der Waals surface area contributed by atoms with Crippen molar-refractivity contribution in [2.45, 2.75) is 44.9 Å². The van der Waals surface area contributed by atoms with Crippen LogP contribution in [0.2, 0.25) is 0 Å². The molecular formula is C10H20N2O2. The summed E-state index contributed by atoms with van der Waals surface area (Å²) in [4.78, 5) is 13.0. The summed E-state index contributed by atoms with van der Waals surface area (Å²) in [5, 5.41) is 13.0. The highest BCUT2D eigenvalue weighted by Gasteiger charge is 2.31. The number of hydrogen-bond acceptors (Lipinski definition) is 3. The molecule has 2 unspecified atom stereocenters. The van der Waals surface area contributed by atoms with Gasteiger partial charge in [-0.3, -0.25) is 4.79 Å². The monoisotopic (exact) mass is 200 g/mol. The van der Waals surface area contributed by atoms with Crippen molar-refractivity contribution in [3.8, 4) is 0 Å². The lowest BCUT2D eigenvalue weighted by Gasteiger charge is -2.29. The largest absolute Gasteiger partial charge is 0.389 e. The summed E-state index contributed by atoms with van der Waals surface area (Å²) >= 11 is 0. The first kappa shape index (κ1) is 11.5. The molecule has 1 amide bonds. The number of aliphatic hydroxyl groups is 1. The van der Waals surface area contributed by atoms with Crippen LogP contribution in [0.25, 0.3) is 0 Å². The minimum absolute atomic E-state index is 0.00759. The molecule has 1 heterocycles. The van der Waals surface area contributed by atoms with Gasteiger partial charge in [-0.25, -0.2) is 0 Å². The maximum Gasteiger partial charge on any atom is 0.224 e. The molecule has 2 atom stereocenters. The van der Waals surface area contributed by atoms with E-state index in [1.807, 2.05) is 6.92 Å². The third-order valence-corrected chi connectivity index (χ3v) is 2.89. The molecule has 1 fully saturated rings. The highest BCUT2D eigenvalue weighted by atomic mass is 16.3. The van der Waals surface area contributed by atoms with Gasteiger partial charge in [-0.05, 0) is 20.8 Å². The van der Waals surface area contributed by atoms with Crippen LogP contribution in [0.5, 0.6) is 0 Å². The van der Waals surface area contributed by atoms with Crippen LogP contribution < -0.4 is 5.32 Å². The van der Waals surface area contributed by atoms with Gasteiger partial charge in [0.15, 0.2) is 0 Å². The molecule has 1 aliphatic rings. The Morgan fingerprint density at radius 1 is 1.64 bits per heavy atom. The second kappa shape index (κ2) is 3.87. The van der Waals surface area contributed by atoms with Crippen molar-refractivity contribution in [2.75, 3.05) is 13.6 Å². The van der Waals surface area contributed by atoms with Crippen LogP contribution in [-0.4, -0.2) is 47.2 Å². The third kappa shape index (κ3) is 2.69. The minimum Gasteiger partial charge on any atom is -0.389 e. The van der Waals surface area contributed by atoms with Gasteiger partial charge in [-0.2, -0.15) is 0 Å². The Labute approximate surface area is 85.3 Å². The fourth-order valence-corrected chi connectivity index (χ4v) is 1.53. The van der Waals surface area contributed by atoms with Crippen LogP contribution in [0, 0.1) is 0 Å². The molecule has 0 saturated carbocycles. The summed E-state index contributed by atoms with van der Waals surface area (Å²) < 4.78 is 0. The molecule has 1 aliphatic heterocycles. The Bertz CT molecular complexity index is 223. The van der Waals surface area contributed by atoms with Crippen molar-refractivity contribution >= 4 is 5.91 Å². The van der Waals surface area contributed by atoms with Crippen LogP contribution in [0.1, 0.15) is 27.2 Å². The zero-order chi connectivity index (χ0) is 10.9. The molecule has 4 nitrogen and oxygen atoms in total. The van der Waals surface area contributed by atoms with Crippen molar-refractivity contribution in [1.82, 2.24) is 10.2 Å². The van der Waals surface area contributed by atoms with Crippen molar-refractivity contribution < 1.29 is 9.90 Å². The molecule has 1 rings (SSSR count). The number of amides is 1. The summed E-state index contributed by atoms with van der Waals surface area (Å²) in [6.45, 7) is 6.21. The molecule has 82 valence electrons. The lowest BCUT2D eigenvalue weighted by molar-refractivity contribution is -0.126. The average molecular weight is 200 g/mol. The highest BCUT2D eigenvalue weighted by Crippen LogP contribution is 2.13. The predicted molar refractivity (Wildman–Crippen MR) is 54.9 cm³/mol. The van der Waals surface area contributed by atoms with Gasteiger partial charge in [0.2, 0.25) is 5.91 Å². The molecule has 1 saturated heterocycles. The number of rotatable bonds is 3. The van der Waals surface area contributed by atoms with Gasteiger partial charge in [0, 0.05) is 32.1 Å². The van der Waals surface area contributed by atoms with E-state index in [0.29, 0.717) is 6.42 Å². The van der Waals surface area contributed by atoms with Crippen LogP contribution in [-0.2, 0) is 4.79 Å². The Kier molecular flexibility index (Phi) is 3.17. The Morgan fingerprint density at radius 2 is 2.21 bits per heavy atom. The first-order valence-corrected chi connectivity index (χ1v) is 5.03. The number of carbonyl (C=O) groups excluding carboxylic acids is 1. The molecule has 0 radical (unpaired) electrons. The topological polar surface area (TPSA) is 52.6 Å². The smallest absolute Gasteiger partial charge is 0.224 e. The number of nitrogens with one attached hydrogen (secondary N) is 1. The van der Waals surface area contributed by atoms with Crippen molar-refractivity contribution in [3.63, 3.8) is 0 Å². The first-order valence-electron chi connectivity index (χ1n) is 5.03. The standard InChI is InChI=1S/C10H20N2O2/c1-7(10(2,3)14)11-8-5-9(13)12(4)6-8/h7-8,11,14H,5-6H2,1-4H3. The summed E-state index contributed by atoms with van der Waals surface area (Å²) in [7, 11) is 1.80. The first-order chi connectivity index (χ1) is 6.30. The molecular weight excluding hydrogens is 180 g/mol. The summed E-state index contributed by atoms with van der Waals surface area (Å²) in [6, 6.07) is 0.167. The van der Waals surface area contributed by atoms with Gasteiger partial charge in [0.1, 0.15) is 0 Å². The number of nitrogens with zero attached hydrogens (tertiary/aromatic N) is 1. The molecule has 0 aromatic rings. The summed E-state index contributed by atoms with van der Waals surface area (Å²) in [5.74, 6) is 0.172. The van der Waals surface area contributed by atoms with E-state index in [-0.39, 0.29) is 18.0 Å². The van der Waals surface area contributed by atoms with Crippen LogP contribution in [0.4, 0.5) is 0 Å². The fraction of sp³-hybridized carbons (Fsp3) is 0.900. The van der Waals surface area contributed by atoms with Crippen LogP contribution in [0.15, 0.2) is 0 Å². The van der Waals surface area contributed by atoms with Gasteiger partial charge in [-0.15, -0.1) is 0 Å². The van der Waals surface area contributed by atoms with Crippen LogP contribution in [0.3, 0.4) is 0 Å². The number of likely N-dealkylation sites (tertiary alicyclic amines) is 1. The molecule has 2 N–H and O–H groups in total. The molecule has 14 heavy (non-hydrogen) atoms. The molecule has 0 bridgehead atoms. The normalized spacial score (nSPS) is 25.6. The SMILES string of the molecule is CC(NC1CC(=O)N(C)C1)C(C)(C)O. The van der Waals surface area contributed by atoms with Crippen molar-refractivity contribution in [1.29, 1.82) is 0 Å². The van der Waals surface area contributed by atoms with E-state index in [9.17, 15) is 9.90 Å². The second-order valence-corrected chi connectivity index (χ2v) is 4.72. The zero-order valence-electron chi connectivity index (χ0n) is 9.37. The lowest BCUT2D eigenvalue weighted by Crippen LogP contribution is -2.49. The van der Waals surface area contributed by atoms with Gasteiger partial charge >= 0.3 is 0 Å². The molecule has 4 heteroatoms. The van der Waals surface area contributed by atoms with E-state index < -0.39 is 5.60 Å². The maximum atomic E-state index is 11.2. The third-order valence-electron chi connectivity index (χ3n) is 2.89. The van der Waals surface area contributed by atoms with E-state index in [4.69, 9.17) is 0 Å². The average Bonchev–Trinajstić information content (AvgIpc) is 2.29. The van der Waals surface area contributed by atoms with E-state index in [1.165, 1.54) is 0 Å². The van der Waals surface area contributed by atoms with E-state index >= 15 is 0 Å². The molecule has 0 spiro atoms. The van der Waals surface area contributed by atoms with Crippen molar-refractivity contribution in [3.05, 3.63) is 0 Å². The molecule has 0 aromatic carbocycles. The van der Waals surface area contributed by atoms with Gasteiger partial charge < -0.3 is 15.3 Å². The van der Waals surface area contributed by atoms with Crippen LogP contribution >= 0.6 is 0 Å². The fourth-order valence-electron chi connectivity index (χ4n) is 1.53. The van der Waals surface area contributed by atoms with Gasteiger partial charge in [0.05, 0.1) is 5.60 Å². The van der Waals surface area contributed by atoms with Crippen molar-refractivity contribution in [2.24, 2.45) is 0 Å². The summed E-state index contributed by atoms with van der Waals surface area (Å²) in [5.41, 5.74) is -0.746. The Morgan fingerprint density at radius 3 is 2.57 bits per heavy atom. The zero-order valence-corrected chi connectivity index (χ0v) is 9.37. The van der Waals surface area contributed by atoms with Gasteiger partial charge in [-0.1, -0.05) is 0 Å².